The molecule has 0 spiro atoms. The van der Waals surface area contributed by atoms with Crippen molar-refractivity contribution < 1.29 is 37.4 Å². The van der Waals surface area contributed by atoms with Crippen LogP contribution in [0.15, 0.2) is 42.7 Å². The number of nitrogens with one attached hydrogen (secondary N) is 1. The van der Waals surface area contributed by atoms with E-state index in [9.17, 15) is 23.2 Å². The summed E-state index contributed by atoms with van der Waals surface area (Å²) in [4.78, 5) is 59.8. The van der Waals surface area contributed by atoms with E-state index in [-0.39, 0.29) is 55.7 Å². The number of nitrogens with zero attached hydrogens (tertiary/aromatic N) is 6. The minimum Gasteiger partial charge on any atom is -0.493 e. The maximum Gasteiger partial charge on any atom is 0.274 e. The van der Waals surface area contributed by atoms with Crippen LogP contribution in [0.2, 0.25) is 0 Å². The largest absolute Gasteiger partial charge is 0.493 e. The number of benzene rings is 2. The van der Waals surface area contributed by atoms with Crippen LogP contribution in [0.1, 0.15) is 53.0 Å². The fraction of sp³-hybridized carbons (Fsp3) is 0.436. The van der Waals surface area contributed by atoms with Gasteiger partial charge in [-0.25, -0.2) is 18.7 Å². The van der Waals surface area contributed by atoms with Gasteiger partial charge in [0.25, 0.3) is 5.91 Å². The average Bonchev–Trinajstić information content (AvgIpc) is 3.18. The molecule has 2 bridgehead atoms. The van der Waals surface area contributed by atoms with E-state index < -0.39 is 23.4 Å². The first-order chi connectivity index (χ1) is 26.1. The van der Waals surface area contributed by atoms with Crippen molar-refractivity contribution in [3.8, 4) is 17.2 Å². The first-order valence-corrected chi connectivity index (χ1v) is 18.0. The van der Waals surface area contributed by atoms with Gasteiger partial charge < -0.3 is 34.2 Å². The highest BCUT2D eigenvalue weighted by molar-refractivity contribution is 5.95. The molecule has 2 aromatic heterocycles. The number of piperidine rings is 1. The molecule has 1 N–H and O–H groups in total. The Balaban J connectivity index is 1.40. The first-order valence-electron chi connectivity index (χ1n) is 18.0. The van der Waals surface area contributed by atoms with Crippen LogP contribution in [0.5, 0.6) is 17.2 Å². The number of aryl methyl sites for hydroxylation is 1. The van der Waals surface area contributed by atoms with Gasteiger partial charge in [0, 0.05) is 68.0 Å². The number of carbonyl (C=O) groups is 3. The highest BCUT2D eigenvalue weighted by Gasteiger charge is 2.29. The highest BCUT2D eigenvalue weighted by Crippen LogP contribution is 2.44. The first kappa shape index (κ1) is 38.1. The topological polar surface area (TPSA) is 139 Å². The summed E-state index contributed by atoms with van der Waals surface area (Å²) < 4.78 is 46.2. The third-order valence-corrected chi connectivity index (χ3v) is 9.90. The molecule has 1 unspecified atom stereocenters. The summed E-state index contributed by atoms with van der Waals surface area (Å²) in [5.41, 5.74) is 2.04. The number of anilines is 1. The molecule has 2 aliphatic rings. The second kappa shape index (κ2) is 17.0. The molecule has 54 heavy (non-hydrogen) atoms. The van der Waals surface area contributed by atoms with Gasteiger partial charge in [0.1, 0.15) is 11.5 Å². The number of fused-ring (bicyclic) bond motifs is 5. The lowest BCUT2D eigenvalue weighted by Gasteiger charge is -2.36. The van der Waals surface area contributed by atoms with Crippen LogP contribution in [0.4, 0.5) is 14.6 Å². The Labute approximate surface area is 312 Å². The lowest BCUT2D eigenvalue weighted by Crippen LogP contribution is -2.46. The fourth-order valence-electron chi connectivity index (χ4n) is 7.10. The smallest absolute Gasteiger partial charge is 0.274 e. The van der Waals surface area contributed by atoms with Crippen molar-refractivity contribution in [2.75, 3.05) is 65.5 Å². The van der Waals surface area contributed by atoms with Gasteiger partial charge in [0.2, 0.25) is 17.6 Å². The number of halogens is 2. The van der Waals surface area contributed by atoms with Crippen LogP contribution in [0, 0.1) is 24.5 Å². The van der Waals surface area contributed by atoms with Crippen LogP contribution in [-0.4, -0.2) is 103 Å². The molecule has 13 nitrogen and oxygen atoms in total. The Morgan fingerprint density at radius 2 is 1.70 bits per heavy atom. The van der Waals surface area contributed by atoms with E-state index in [4.69, 9.17) is 19.2 Å². The lowest BCUT2D eigenvalue weighted by atomic mass is 9.97. The number of pyridine rings is 1. The van der Waals surface area contributed by atoms with Gasteiger partial charge in [-0.3, -0.25) is 19.4 Å². The Hall–Kier alpha value is -5.60. The van der Waals surface area contributed by atoms with E-state index in [0.717, 1.165) is 18.9 Å². The molecular formula is C39H45F2N7O6. The van der Waals surface area contributed by atoms with Crippen molar-refractivity contribution in [1.29, 1.82) is 0 Å². The number of ether oxygens (including phenoxy) is 3. The van der Waals surface area contributed by atoms with E-state index >= 15 is 0 Å². The molecule has 286 valence electrons. The third kappa shape index (κ3) is 8.45. The molecule has 1 saturated heterocycles. The van der Waals surface area contributed by atoms with Crippen molar-refractivity contribution in [1.82, 2.24) is 30.1 Å². The van der Waals surface area contributed by atoms with Crippen molar-refractivity contribution in [2.24, 2.45) is 5.92 Å². The number of rotatable bonds is 6. The standard InChI is InChI=1S/C39H45F2N7O6/c1-24-18-43-31(20-42-24)39(51)48-13-6-5-12-46(34(50)16-26-10-7-11-29(40)35(26)41)22-27-15-28-30(17-32(52-2)37(54-4)36(28)53-3)45-38(27)47-14-8-9-25(21-47)19-44-33(49)23-48/h7,10-11,15,17-18,20,25H,5-6,8-9,12-14,16,19,21-23H2,1-4H3,(H,44,49). The molecule has 2 aliphatic heterocycles. The molecule has 0 saturated carbocycles. The number of methoxy groups -OCH3 is 3. The van der Waals surface area contributed by atoms with Gasteiger partial charge in [-0.1, -0.05) is 12.1 Å². The van der Waals surface area contributed by atoms with Gasteiger partial charge in [-0.2, -0.15) is 0 Å². The predicted molar refractivity (Wildman–Crippen MR) is 197 cm³/mol. The van der Waals surface area contributed by atoms with Gasteiger partial charge in [0.05, 0.1) is 51.7 Å². The molecule has 4 heterocycles. The second-order valence-corrected chi connectivity index (χ2v) is 13.6. The quantitative estimate of drug-likeness (QED) is 0.301. The minimum atomic E-state index is -1.06. The highest BCUT2D eigenvalue weighted by atomic mass is 19.2. The van der Waals surface area contributed by atoms with Gasteiger partial charge in [-0.05, 0) is 50.7 Å². The number of hydrogen-bond donors (Lipinski definition) is 1. The molecule has 0 radical (unpaired) electrons. The fourth-order valence-corrected chi connectivity index (χ4v) is 7.10. The zero-order chi connectivity index (χ0) is 38.4. The molecule has 4 aromatic rings. The van der Waals surface area contributed by atoms with Crippen LogP contribution in [0.3, 0.4) is 0 Å². The monoisotopic (exact) mass is 745 g/mol. The Kier molecular flexibility index (Phi) is 12.0. The molecule has 2 aromatic carbocycles. The summed E-state index contributed by atoms with van der Waals surface area (Å²) in [6.07, 6.45) is 5.08. The molecule has 6 rings (SSSR count). The van der Waals surface area contributed by atoms with Crippen LogP contribution < -0.4 is 24.4 Å². The van der Waals surface area contributed by atoms with Gasteiger partial charge in [-0.15, -0.1) is 0 Å². The van der Waals surface area contributed by atoms with E-state index in [0.29, 0.717) is 77.7 Å². The number of hydrogen-bond acceptors (Lipinski definition) is 10. The maximum atomic E-state index is 14.9. The minimum absolute atomic E-state index is 0.0524. The van der Waals surface area contributed by atoms with E-state index in [1.54, 1.807) is 17.9 Å². The molecule has 1 fully saturated rings. The Bertz CT molecular complexity index is 2010. The Morgan fingerprint density at radius 3 is 2.43 bits per heavy atom. The van der Waals surface area contributed by atoms with Crippen molar-refractivity contribution >= 4 is 34.4 Å². The number of carbonyl (C=O) groups excluding carboxylic acids is 3. The molecule has 1 atom stereocenters. The van der Waals surface area contributed by atoms with Crippen molar-refractivity contribution in [2.45, 2.75) is 45.6 Å². The van der Waals surface area contributed by atoms with Crippen LogP contribution in [-0.2, 0) is 22.6 Å². The van der Waals surface area contributed by atoms with E-state index in [2.05, 4.69) is 20.2 Å². The van der Waals surface area contributed by atoms with Crippen LogP contribution >= 0.6 is 0 Å². The molecule has 0 aliphatic carbocycles. The zero-order valence-corrected chi connectivity index (χ0v) is 31.0. The normalized spacial score (nSPS) is 17.1. The molecule has 3 amide bonds. The average molecular weight is 746 g/mol. The summed E-state index contributed by atoms with van der Waals surface area (Å²) in [7, 11) is 4.58. The lowest BCUT2D eigenvalue weighted by molar-refractivity contribution is -0.131. The second-order valence-electron chi connectivity index (χ2n) is 13.6. The number of aromatic nitrogens is 3. The van der Waals surface area contributed by atoms with E-state index in [1.807, 2.05) is 6.07 Å². The van der Waals surface area contributed by atoms with E-state index in [1.165, 1.54) is 50.8 Å². The summed E-state index contributed by atoms with van der Waals surface area (Å²) in [5, 5.41) is 3.68. The molecular weight excluding hydrogens is 700 g/mol. The summed E-state index contributed by atoms with van der Waals surface area (Å²) in [6, 6.07) is 7.50. The van der Waals surface area contributed by atoms with Gasteiger partial charge in [0.15, 0.2) is 23.1 Å². The Morgan fingerprint density at radius 1 is 0.926 bits per heavy atom. The summed E-state index contributed by atoms with van der Waals surface area (Å²) >= 11 is 0. The third-order valence-electron chi connectivity index (χ3n) is 9.90. The zero-order valence-electron chi connectivity index (χ0n) is 31.0. The predicted octanol–water partition coefficient (Wildman–Crippen LogP) is 4.48. The van der Waals surface area contributed by atoms with Crippen molar-refractivity contribution in [3.63, 3.8) is 0 Å². The summed E-state index contributed by atoms with van der Waals surface area (Å²) in [6.45, 7) is 3.78. The summed E-state index contributed by atoms with van der Waals surface area (Å²) in [5.74, 6) is -1.25. The maximum absolute atomic E-state index is 14.9. The number of amides is 3. The van der Waals surface area contributed by atoms with Crippen molar-refractivity contribution in [3.05, 3.63) is 76.9 Å². The van der Waals surface area contributed by atoms with Gasteiger partial charge >= 0.3 is 0 Å². The SMILES string of the molecule is COc1cc2nc3c(cc2c(OC)c1OC)CN(C(=O)Cc1cccc(F)c1F)CCCCN(C(=O)c1cnc(C)cn1)CC(=O)NCC1CCCN3C1. The molecule has 15 heteroatoms. The van der Waals surface area contributed by atoms with Crippen LogP contribution in [0.25, 0.3) is 10.9 Å².